The smallest absolute Gasteiger partial charge is 0.182 e. The van der Waals surface area contributed by atoms with Crippen molar-refractivity contribution in [3.63, 3.8) is 0 Å². The van der Waals surface area contributed by atoms with E-state index in [9.17, 15) is 4.79 Å². The average molecular weight is 304 g/mol. The van der Waals surface area contributed by atoms with Gasteiger partial charge in [-0.2, -0.15) is 0 Å². The Bertz CT molecular complexity index is 599. The lowest BCUT2D eigenvalue weighted by Crippen LogP contribution is -2.34. The van der Waals surface area contributed by atoms with E-state index >= 15 is 0 Å². The first-order valence-electron chi connectivity index (χ1n) is 6.75. The number of Topliss-reactive ketones (excluding diaryl/α,β-unsaturated/α-hetero) is 1. The van der Waals surface area contributed by atoms with E-state index in [2.05, 4.69) is 0 Å². The van der Waals surface area contributed by atoms with Crippen LogP contribution in [0.15, 0.2) is 54.6 Å². The normalized spacial score (nSPS) is 11.8. The fraction of sp³-hybridized carbons (Fsp3) is 0.235. The van der Waals surface area contributed by atoms with Crippen molar-refractivity contribution in [2.75, 3.05) is 18.6 Å². The molecule has 2 rings (SSSR count). The van der Waals surface area contributed by atoms with Crippen LogP contribution in [0.25, 0.3) is 0 Å². The highest BCUT2D eigenvalue weighted by Gasteiger charge is 2.17. The lowest BCUT2D eigenvalue weighted by molar-refractivity contribution is 0.0998. The molecule has 0 aliphatic heterocycles. The molecular formula is C17H18ClNO2. The van der Waals surface area contributed by atoms with E-state index in [1.165, 1.54) is 0 Å². The fourth-order valence-corrected chi connectivity index (χ4v) is 2.26. The van der Waals surface area contributed by atoms with Crippen LogP contribution >= 0.6 is 11.6 Å². The van der Waals surface area contributed by atoms with Crippen LogP contribution in [0.5, 0.6) is 5.75 Å². The SMILES string of the molecule is COc1cccc(N(CC(=O)c2ccccc2)C(C)Cl)c1. The van der Waals surface area contributed by atoms with Gasteiger partial charge in [0.2, 0.25) is 0 Å². The fourth-order valence-electron chi connectivity index (χ4n) is 2.08. The molecule has 0 aliphatic rings. The molecule has 2 aromatic carbocycles. The highest BCUT2D eigenvalue weighted by atomic mass is 35.5. The molecular weight excluding hydrogens is 286 g/mol. The third kappa shape index (κ3) is 3.99. The topological polar surface area (TPSA) is 29.5 Å². The van der Waals surface area contributed by atoms with Crippen LogP contribution in [0.3, 0.4) is 0 Å². The Balaban J connectivity index is 2.21. The number of ether oxygens (including phenoxy) is 1. The molecule has 3 nitrogen and oxygen atoms in total. The zero-order chi connectivity index (χ0) is 15.2. The number of benzene rings is 2. The second kappa shape index (κ2) is 7.14. The minimum Gasteiger partial charge on any atom is -0.497 e. The Morgan fingerprint density at radius 2 is 1.90 bits per heavy atom. The number of ketones is 1. The Kier molecular flexibility index (Phi) is 5.23. The van der Waals surface area contributed by atoms with Crippen molar-refractivity contribution in [3.05, 3.63) is 60.2 Å². The van der Waals surface area contributed by atoms with Crippen LogP contribution < -0.4 is 9.64 Å². The summed E-state index contributed by atoms with van der Waals surface area (Å²) < 4.78 is 5.22. The van der Waals surface area contributed by atoms with Crippen molar-refractivity contribution in [3.8, 4) is 5.75 Å². The van der Waals surface area contributed by atoms with Gasteiger partial charge in [0.1, 0.15) is 11.3 Å². The minimum atomic E-state index is -0.301. The van der Waals surface area contributed by atoms with Crippen molar-refractivity contribution < 1.29 is 9.53 Å². The highest BCUT2D eigenvalue weighted by Crippen LogP contribution is 2.24. The maximum atomic E-state index is 12.4. The molecule has 2 aromatic rings. The second-order valence-electron chi connectivity index (χ2n) is 4.69. The molecule has 0 fully saturated rings. The number of alkyl halides is 1. The molecule has 21 heavy (non-hydrogen) atoms. The van der Waals surface area contributed by atoms with E-state index in [4.69, 9.17) is 16.3 Å². The molecule has 0 saturated heterocycles. The zero-order valence-corrected chi connectivity index (χ0v) is 12.9. The number of hydrogen-bond acceptors (Lipinski definition) is 3. The third-order valence-corrected chi connectivity index (χ3v) is 3.46. The predicted molar refractivity (Wildman–Crippen MR) is 86.4 cm³/mol. The van der Waals surface area contributed by atoms with Crippen LogP contribution in [0, 0.1) is 0 Å². The van der Waals surface area contributed by atoms with Gasteiger partial charge >= 0.3 is 0 Å². The zero-order valence-electron chi connectivity index (χ0n) is 12.1. The molecule has 0 bridgehead atoms. The molecule has 110 valence electrons. The molecule has 0 spiro atoms. The lowest BCUT2D eigenvalue weighted by Gasteiger charge is -2.27. The molecule has 1 atom stereocenters. The molecule has 1 unspecified atom stereocenters. The Labute approximate surface area is 130 Å². The van der Waals surface area contributed by atoms with Crippen LogP contribution in [-0.4, -0.2) is 24.9 Å². The van der Waals surface area contributed by atoms with Gasteiger partial charge in [-0.15, -0.1) is 0 Å². The van der Waals surface area contributed by atoms with E-state index in [1.807, 2.05) is 66.4 Å². The van der Waals surface area contributed by atoms with E-state index in [0.717, 1.165) is 11.4 Å². The molecule has 0 aliphatic carbocycles. The molecule has 0 N–H and O–H groups in total. The Morgan fingerprint density at radius 3 is 2.52 bits per heavy atom. The summed E-state index contributed by atoms with van der Waals surface area (Å²) in [6.07, 6.45) is 0. The van der Waals surface area contributed by atoms with Gasteiger partial charge in [0.25, 0.3) is 0 Å². The number of methoxy groups -OCH3 is 1. The van der Waals surface area contributed by atoms with Crippen molar-refractivity contribution in [1.29, 1.82) is 0 Å². The second-order valence-corrected chi connectivity index (χ2v) is 5.32. The first-order valence-corrected chi connectivity index (χ1v) is 7.18. The number of nitrogens with zero attached hydrogens (tertiary/aromatic N) is 1. The first-order chi connectivity index (χ1) is 10.1. The number of rotatable bonds is 6. The number of hydrogen-bond donors (Lipinski definition) is 0. The summed E-state index contributed by atoms with van der Waals surface area (Å²) in [5, 5.41) is 0. The summed E-state index contributed by atoms with van der Waals surface area (Å²) in [6.45, 7) is 2.07. The maximum Gasteiger partial charge on any atom is 0.182 e. The third-order valence-electron chi connectivity index (χ3n) is 3.22. The van der Waals surface area contributed by atoms with Gasteiger partial charge in [-0.05, 0) is 19.1 Å². The largest absolute Gasteiger partial charge is 0.497 e. The molecule has 0 heterocycles. The van der Waals surface area contributed by atoms with Gasteiger partial charge in [-0.3, -0.25) is 4.79 Å². The summed E-state index contributed by atoms with van der Waals surface area (Å²) in [7, 11) is 1.61. The van der Waals surface area contributed by atoms with Crippen molar-refractivity contribution in [2.45, 2.75) is 12.4 Å². The number of anilines is 1. The number of carbonyl (C=O) groups excluding carboxylic acids is 1. The molecule has 0 saturated carbocycles. The van der Waals surface area contributed by atoms with Gasteiger partial charge in [0, 0.05) is 17.3 Å². The van der Waals surface area contributed by atoms with Crippen LogP contribution in [0.4, 0.5) is 5.69 Å². The molecule has 0 aromatic heterocycles. The van der Waals surface area contributed by atoms with E-state index in [1.54, 1.807) is 7.11 Å². The summed E-state index contributed by atoms with van der Waals surface area (Å²) >= 11 is 6.24. The van der Waals surface area contributed by atoms with E-state index in [-0.39, 0.29) is 17.8 Å². The Morgan fingerprint density at radius 1 is 1.19 bits per heavy atom. The summed E-state index contributed by atoms with van der Waals surface area (Å²) in [5.74, 6) is 0.771. The number of carbonyl (C=O) groups is 1. The van der Waals surface area contributed by atoms with Crippen molar-refractivity contribution >= 4 is 23.1 Å². The standard InChI is InChI=1S/C17H18ClNO2/c1-13(18)19(15-9-6-10-16(11-15)21-2)12-17(20)14-7-4-3-5-8-14/h3-11,13H,12H2,1-2H3. The van der Waals surface area contributed by atoms with Crippen molar-refractivity contribution in [2.24, 2.45) is 0 Å². The van der Waals surface area contributed by atoms with E-state index in [0.29, 0.717) is 5.56 Å². The van der Waals surface area contributed by atoms with E-state index < -0.39 is 0 Å². The van der Waals surface area contributed by atoms with Gasteiger partial charge in [0.15, 0.2) is 5.78 Å². The van der Waals surface area contributed by atoms with Gasteiger partial charge in [-0.1, -0.05) is 48.0 Å². The van der Waals surface area contributed by atoms with Gasteiger partial charge in [-0.25, -0.2) is 0 Å². The predicted octanol–water partition coefficient (Wildman–Crippen LogP) is 3.97. The van der Waals surface area contributed by atoms with Crippen LogP contribution in [0.1, 0.15) is 17.3 Å². The number of halogens is 1. The maximum absolute atomic E-state index is 12.4. The molecule has 0 amide bonds. The summed E-state index contributed by atoms with van der Waals surface area (Å²) in [4.78, 5) is 14.2. The average Bonchev–Trinajstić information content (AvgIpc) is 2.53. The van der Waals surface area contributed by atoms with Gasteiger partial charge < -0.3 is 9.64 Å². The highest BCUT2D eigenvalue weighted by molar-refractivity contribution is 6.22. The minimum absolute atomic E-state index is 0.0333. The first kappa shape index (κ1) is 15.4. The lowest BCUT2D eigenvalue weighted by atomic mass is 10.1. The molecule has 4 heteroatoms. The Hall–Kier alpha value is -2.00. The quantitative estimate of drug-likeness (QED) is 0.459. The van der Waals surface area contributed by atoms with Crippen LogP contribution in [0.2, 0.25) is 0 Å². The summed E-state index contributed by atoms with van der Waals surface area (Å²) in [6, 6.07) is 16.8. The van der Waals surface area contributed by atoms with Crippen LogP contribution in [-0.2, 0) is 0 Å². The molecule has 0 radical (unpaired) electrons. The summed E-state index contributed by atoms with van der Waals surface area (Å²) in [5.41, 5.74) is 1.24. The van der Waals surface area contributed by atoms with Gasteiger partial charge in [0.05, 0.1) is 13.7 Å². The van der Waals surface area contributed by atoms with Crippen molar-refractivity contribution in [1.82, 2.24) is 0 Å². The monoisotopic (exact) mass is 303 g/mol.